The first kappa shape index (κ1) is 11.6. The van der Waals surface area contributed by atoms with Gasteiger partial charge in [0.05, 0.1) is 0 Å². The van der Waals surface area contributed by atoms with E-state index in [2.05, 4.69) is 6.58 Å². The Kier molecular flexibility index (Phi) is 2.88. The first-order valence-corrected chi connectivity index (χ1v) is 5.62. The Morgan fingerprint density at radius 2 is 2.00 bits per heavy atom. The smallest absolute Gasteiger partial charge is 0.131 e. The van der Waals surface area contributed by atoms with Gasteiger partial charge in [0.25, 0.3) is 0 Å². The van der Waals surface area contributed by atoms with Crippen LogP contribution in [0.3, 0.4) is 0 Å². The van der Waals surface area contributed by atoms with Crippen LogP contribution in [0.5, 0.6) is 5.75 Å². The zero-order valence-corrected chi connectivity index (χ0v) is 10.00. The molecule has 17 heavy (non-hydrogen) atoms. The van der Waals surface area contributed by atoms with Crippen LogP contribution in [-0.4, -0.2) is 5.11 Å². The van der Waals surface area contributed by atoms with Crippen molar-refractivity contribution in [2.45, 2.75) is 19.8 Å². The van der Waals surface area contributed by atoms with E-state index in [9.17, 15) is 9.50 Å². The summed E-state index contributed by atoms with van der Waals surface area (Å²) in [6, 6.07) is 6.43. The number of halogens is 1. The lowest BCUT2D eigenvalue weighted by Crippen LogP contribution is -1.94. The molecular formula is C15H15FO. The fourth-order valence-corrected chi connectivity index (χ4v) is 2.14. The Hall–Kier alpha value is -1.83. The molecule has 2 aromatic rings. The maximum absolute atomic E-state index is 13.7. The van der Waals surface area contributed by atoms with Crippen LogP contribution >= 0.6 is 0 Å². The molecule has 0 fully saturated rings. The summed E-state index contributed by atoms with van der Waals surface area (Å²) in [6.45, 7) is 7.70. The van der Waals surface area contributed by atoms with E-state index < -0.39 is 0 Å². The van der Waals surface area contributed by atoms with Crippen LogP contribution in [-0.2, 0) is 0 Å². The molecule has 0 heterocycles. The molecule has 0 unspecified atom stereocenters. The van der Waals surface area contributed by atoms with E-state index in [1.54, 1.807) is 18.2 Å². The first-order valence-electron chi connectivity index (χ1n) is 5.62. The maximum Gasteiger partial charge on any atom is 0.131 e. The molecule has 1 N–H and O–H groups in total. The van der Waals surface area contributed by atoms with Crippen molar-refractivity contribution in [3.05, 3.63) is 47.8 Å². The normalized spacial score (nSPS) is 11.1. The lowest BCUT2D eigenvalue weighted by atomic mass is 9.92. The van der Waals surface area contributed by atoms with Gasteiger partial charge in [-0.05, 0) is 40.5 Å². The molecule has 0 amide bonds. The van der Waals surface area contributed by atoms with Gasteiger partial charge in [-0.3, -0.25) is 0 Å². The van der Waals surface area contributed by atoms with Gasteiger partial charge in [-0.25, -0.2) is 4.39 Å². The lowest BCUT2D eigenvalue weighted by Gasteiger charge is -2.14. The average molecular weight is 230 g/mol. The standard InChI is InChI=1S/C15H15FO/c1-4-12-14(16)6-5-10-7-11(17)8-13(9(2)3)15(10)12/h4-9,17H,1H2,2-3H3. The SMILES string of the molecule is C=Cc1c(F)ccc2cc(O)cc(C(C)C)c12. The van der Waals surface area contributed by atoms with Gasteiger partial charge in [-0.2, -0.15) is 0 Å². The van der Waals surface area contributed by atoms with Gasteiger partial charge in [-0.1, -0.05) is 32.6 Å². The van der Waals surface area contributed by atoms with Crippen LogP contribution in [0.25, 0.3) is 16.8 Å². The number of phenolic OH excluding ortho intramolecular Hbond substituents is 1. The van der Waals surface area contributed by atoms with E-state index in [4.69, 9.17) is 0 Å². The molecule has 0 aliphatic rings. The molecule has 1 nitrogen and oxygen atoms in total. The van der Waals surface area contributed by atoms with Crippen LogP contribution in [0.15, 0.2) is 30.8 Å². The van der Waals surface area contributed by atoms with Crippen molar-refractivity contribution in [1.82, 2.24) is 0 Å². The van der Waals surface area contributed by atoms with Gasteiger partial charge in [0.2, 0.25) is 0 Å². The molecule has 0 saturated carbocycles. The number of phenols is 1. The zero-order valence-electron chi connectivity index (χ0n) is 10.00. The molecule has 0 saturated heterocycles. The minimum absolute atomic E-state index is 0.211. The predicted octanol–water partition coefficient (Wildman–Crippen LogP) is 4.45. The van der Waals surface area contributed by atoms with Gasteiger partial charge in [-0.15, -0.1) is 0 Å². The van der Waals surface area contributed by atoms with E-state index in [0.29, 0.717) is 5.56 Å². The molecule has 0 spiro atoms. The molecule has 2 rings (SSSR count). The van der Waals surface area contributed by atoms with E-state index in [1.807, 2.05) is 13.8 Å². The molecule has 0 atom stereocenters. The van der Waals surface area contributed by atoms with E-state index >= 15 is 0 Å². The number of aromatic hydroxyl groups is 1. The molecular weight excluding hydrogens is 215 g/mol. The van der Waals surface area contributed by atoms with Crippen LogP contribution in [0, 0.1) is 5.82 Å². The molecule has 0 bridgehead atoms. The third-order valence-electron chi connectivity index (χ3n) is 2.95. The van der Waals surface area contributed by atoms with Gasteiger partial charge >= 0.3 is 0 Å². The van der Waals surface area contributed by atoms with Crippen molar-refractivity contribution >= 4 is 16.8 Å². The van der Waals surface area contributed by atoms with Crippen molar-refractivity contribution in [2.75, 3.05) is 0 Å². The van der Waals surface area contributed by atoms with Gasteiger partial charge in [0, 0.05) is 5.56 Å². The summed E-state index contributed by atoms with van der Waals surface area (Å²) in [5.41, 5.74) is 1.45. The second-order valence-corrected chi connectivity index (χ2v) is 4.45. The van der Waals surface area contributed by atoms with E-state index in [-0.39, 0.29) is 17.5 Å². The summed E-state index contributed by atoms with van der Waals surface area (Å²) in [5.74, 6) is 0.146. The third-order valence-corrected chi connectivity index (χ3v) is 2.95. The maximum atomic E-state index is 13.7. The number of rotatable bonds is 2. The van der Waals surface area contributed by atoms with Crippen LogP contribution in [0.2, 0.25) is 0 Å². The van der Waals surface area contributed by atoms with Crippen molar-refractivity contribution in [3.63, 3.8) is 0 Å². The number of benzene rings is 2. The highest BCUT2D eigenvalue weighted by atomic mass is 19.1. The van der Waals surface area contributed by atoms with E-state index in [0.717, 1.165) is 16.3 Å². The summed E-state index contributed by atoms with van der Waals surface area (Å²) in [6.07, 6.45) is 1.53. The zero-order chi connectivity index (χ0) is 12.6. The lowest BCUT2D eigenvalue weighted by molar-refractivity contribution is 0.475. The number of hydrogen-bond donors (Lipinski definition) is 1. The summed E-state index contributed by atoms with van der Waals surface area (Å²) in [7, 11) is 0. The molecule has 88 valence electrons. The Labute approximate surface area is 100 Å². The minimum Gasteiger partial charge on any atom is -0.508 e. The van der Waals surface area contributed by atoms with Gasteiger partial charge in [0.15, 0.2) is 0 Å². The second kappa shape index (κ2) is 4.21. The highest BCUT2D eigenvalue weighted by Gasteiger charge is 2.12. The Bertz CT molecular complexity index is 585. The number of hydrogen-bond acceptors (Lipinski definition) is 1. The highest BCUT2D eigenvalue weighted by molar-refractivity contribution is 5.94. The van der Waals surface area contributed by atoms with Gasteiger partial charge in [0.1, 0.15) is 11.6 Å². The first-order chi connectivity index (χ1) is 8.04. The molecule has 0 aromatic heterocycles. The van der Waals surface area contributed by atoms with Crippen molar-refractivity contribution in [1.29, 1.82) is 0 Å². The molecule has 0 aliphatic carbocycles. The number of fused-ring (bicyclic) bond motifs is 1. The van der Waals surface area contributed by atoms with E-state index in [1.165, 1.54) is 12.1 Å². The minimum atomic E-state index is -0.278. The average Bonchev–Trinajstić information content (AvgIpc) is 2.28. The summed E-state index contributed by atoms with van der Waals surface area (Å²) in [5, 5.41) is 11.4. The second-order valence-electron chi connectivity index (χ2n) is 4.45. The van der Waals surface area contributed by atoms with Crippen molar-refractivity contribution in [3.8, 4) is 5.75 Å². The summed E-state index contributed by atoms with van der Waals surface area (Å²) in [4.78, 5) is 0. The summed E-state index contributed by atoms with van der Waals surface area (Å²) >= 11 is 0. The van der Waals surface area contributed by atoms with Gasteiger partial charge < -0.3 is 5.11 Å². The Balaban J connectivity index is 2.96. The Morgan fingerprint density at radius 1 is 1.29 bits per heavy atom. The van der Waals surface area contributed by atoms with Crippen molar-refractivity contribution in [2.24, 2.45) is 0 Å². The van der Waals surface area contributed by atoms with Crippen LogP contribution in [0.1, 0.15) is 30.9 Å². The largest absolute Gasteiger partial charge is 0.508 e. The van der Waals surface area contributed by atoms with Crippen molar-refractivity contribution < 1.29 is 9.50 Å². The molecule has 2 aromatic carbocycles. The fourth-order valence-electron chi connectivity index (χ4n) is 2.14. The molecule has 0 aliphatic heterocycles. The molecule has 2 heteroatoms. The fraction of sp³-hybridized carbons (Fsp3) is 0.200. The topological polar surface area (TPSA) is 20.2 Å². The quantitative estimate of drug-likeness (QED) is 0.808. The Morgan fingerprint density at radius 3 is 2.59 bits per heavy atom. The summed E-state index contributed by atoms with van der Waals surface area (Å²) < 4.78 is 13.7. The highest BCUT2D eigenvalue weighted by Crippen LogP contribution is 2.33. The third kappa shape index (κ3) is 1.91. The van der Waals surface area contributed by atoms with Crippen LogP contribution < -0.4 is 0 Å². The molecule has 0 radical (unpaired) electrons. The van der Waals surface area contributed by atoms with Crippen LogP contribution in [0.4, 0.5) is 4.39 Å². The monoisotopic (exact) mass is 230 g/mol. The predicted molar refractivity (Wildman–Crippen MR) is 69.8 cm³/mol.